The van der Waals surface area contributed by atoms with E-state index in [1.54, 1.807) is 25.3 Å². The number of ether oxygens (including phenoxy) is 1. The zero-order valence-corrected chi connectivity index (χ0v) is 10.2. The number of aryl methyl sites for hydroxylation is 1. The number of nitrogens with two attached hydrogens (primary N) is 2. The van der Waals surface area contributed by atoms with Crippen LogP contribution in [0.1, 0.15) is 5.56 Å². The normalized spacial score (nSPS) is 9.06. The van der Waals surface area contributed by atoms with Crippen LogP contribution >= 0.6 is 0 Å². The van der Waals surface area contributed by atoms with E-state index in [9.17, 15) is 0 Å². The van der Waals surface area contributed by atoms with Gasteiger partial charge in [-0.1, -0.05) is 42.0 Å². The number of rotatable bonds is 1. The highest BCUT2D eigenvalue weighted by Gasteiger charge is 1.99. The first-order valence-electron chi connectivity index (χ1n) is 5.34. The van der Waals surface area contributed by atoms with E-state index >= 15 is 0 Å². The molecule has 0 unspecified atom stereocenters. The molecule has 17 heavy (non-hydrogen) atoms. The highest BCUT2D eigenvalue weighted by molar-refractivity contribution is 5.70. The maximum absolute atomic E-state index is 5.54. The van der Waals surface area contributed by atoms with Gasteiger partial charge in [-0.3, -0.25) is 0 Å². The molecule has 0 spiro atoms. The molecular weight excluding hydrogens is 212 g/mol. The zero-order chi connectivity index (χ0) is 12.7. The lowest BCUT2D eigenvalue weighted by molar-refractivity contribution is 0.417. The standard InChI is InChI=1S/C7H10N2O.C7H8/c1-10-6-4-2-3-5(8)7(6)9;1-7-5-3-2-4-6-7/h2-4H,8-9H2,1H3;2-6H,1H3. The van der Waals surface area contributed by atoms with Crippen molar-refractivity contribution < 1.29 is 4.74 Å². The number of methoxy groups -OCH3 is 1. The van der Waals surface area contributed by atoms with Gasteiger partial charge in [0.2, 0.25) is 0 Å². The Kier molecular flexibility index (Phi) is 4.88. The first kappa shape index (κ1) is 12.9. The van der Waals surface area contributed by atoms with Gasteiger partial charge in [-0.2, -0.15) is 0 Å². The first-order valence-corrected chi connectivity index (χ1v) is 5.34. The summed E-state index contributed by atoms with van der Waals surface area (Å²) in [7, 11) is 1.56. The summed E-state index contributed by atoms with van der Waals surface area (Å²) in [4.78, 5) is 0. The summed E-state index contributed by atoms with van der Waals surface area (Å²) in [6, 6.07) is 15.6. The predicted octanol–water partition coefficient (Wildman–Crippen LogP) is 2.85. The van der Waals surface area contributed by atoms with Crippen molar-refractivity contribution in [3.05, 3.63) is 54.1 Å². The fourth-order valence-corrected chi connectivity index (χ4v) is 1.27. The van der Waals surface area contributed by atoms with Gasteiger partial charge in [-0.25, -0.2) is 0 Å². The first-order chi connectivity index (χ1) is 8.15. The van der Waals surface area contributed by atoms with E-state index in [0.29, 0.717) is 17.1 Å². The van der Waals surface area contributed by atoms with E-state index in [-0.39, 0.29) is 0 Å². The van der Waals surface area contributed by atoms with Crippen molar-refractivity contribution in [2.24, 2.45) is 0 Å². The van der Waals surface area contributed by atoms with Gasteiger partial charge in [0.05, 0.1) is 18.5 Å². The Labute approximate surface area is 102 Å². The van der Waals surface area contributed by atoms with E-state index in [1.807, 2.05) is 18.2 Å². The summed E-state index contributed by atoms with van der Waals surface area (Å²) in [5.74, 6) is 0.625. The van der Waals surface area contributed by atoms with Gasteiger partial charge < -0.3 is 16.2 Å². The third kappa shape index (κ3) is 4.07. The molecule has 0 atom stereocenters. The number of hydrogen-bond acceptors (Lipinski definition) is 3. The Balaban J connectivity index is 0.000000181. The molecule has 0 aliphatic heterocycles. The second-order valence-corrected chi connectivity index (χ2v) is 3.62. The summed E-state index contributed by atoms with van der Waals surface area (Å²) >= 11 is 0. The van der Waals surface area contributed by atoms with Crippen LogP contribution in [0.25, 0.3) is 0 Å². The highest BCUT2D eigenvalue weighted by atomic mass is 16.5. The molecule has 0 radical (unpaired) electrons. The average molecular weight is 230 g/mol. The monoisotopic (exact) mass is 230 g/mol. The molecule has 2 aromatic carbocycles. The minimum atomic E-state index is 0.505. The van der Waals surface area contributed by atoms with Crippen molar-refractivity contribution in [2.45, 2.75) is 6.92 Å². The Morgan fingerprint density at radius 2 is 1.53 bits per heavy atom. The topological polar surface area (TPSA) is 61.3 Å². The molecular formula is C14H18N2O. The lowest BCUT2D eigenvalue weighted by atomic mass is 10.2. The van der Waals surface area contributed by atoms with Crippen molar-refractivity contribution in [1.29, 1.82) is 0 Å². The Morgan fingerprint density at radius 3 is 1.94 bits per heavy atom. The smallest absolute Gasteiger partial charge is 0.143 e. The minimum absolute atomic E-state index is 0.505. The largest absolute Gasteiger partial charge is 0.495 e. The van der Waals surface area contributed by atoms with Crippen LogP contribution in [0, 0.1) is 6.92 Å². The quantitative estimate of drug-likeness (QED) is 0.740. The highest BCUT2D eigenvalue weighted by Crippen LogP contribution is 2.25. The number of hydrogen-bond donors (Lipinski definition) is 2. The van der Waals surface area contributed by atoms with Gasteiger partial charge in [0, 0.05) is 0 Å². The van der Waals surface area contributed by atoms with Crippen molar-refractivity contribution in [2.75, 3.05) is 18.6 Å². The van der Waals surface area contributed by atoms with Crippen molar-refractivity contribution in [1.82, 2.24) is 0 Å². The lowest BCUT2D eigenvalue weighted by Gasteiger charge is -2.04. The van der Waals surface area contributed by atoms with Crippen LogP contribution in [0.4, 0.5) is 11.4 Å². The van der Waals surface area contributed by atoms with E-state index in [4.69, 9.17) is 16.2 Å². The molecule has 3 nitrogen and oxygen atoms in total. The Bertz CT molecular complexity index is 455. The minimum Gasteiger partial charge on any atom is -0.495 e. The van der Waals surface area contributed by atoms with E-state index < -0.39 is 0 Å². The van der Waals surface area contributed by atoms with Gasteiger partial charge in [0.1, 0.15) is 5.75 Å². The Morgan fingerprint density at radius 1 is 0.882 bits per heavy atom. The summed E-state index contributed by atoms with van der Waals surface area (Å²) in [6.07, 6.45) is 0. The number of para-hydroxylation sites is 1. The molecule has 0 amide bonds. The lowest BCUT2D eigenvalue weighted by Crippen LogP contribution is -1.97. The van der Waals surface area contributed by atoms with E-state index in [0.717, 1.165) is 0 Å². The molecule has 3 heteroatoms. The summed E-state index contributed by atoms with van der Waals surface area (Å²) in [5, 5.41) is 0. The number of benzene rings is 2. The molecule has 0 aliphatic carbocycles. The Hall–Kier alpha value is -2.16. The molecule has 0 fully saturated rings. The SMILES string of the molecule is COc1cccc(N)c1N.Cc1ccccc1. The molecule has 4 N–H and O–H groups in total. The van der Waals surface area contributed by atoms with Crippen LogP contribution < -0.4 is 16.2 Å². The van der Waals surface area contributed by atoms with Crippen molar-refractivity contribution in [3.63, 3.8) is 0 Å². The van der Waals surface area contributed by atoms with Crippen LogP contribution in [0.2, 0.25) is 0 Å². The van der Waals surface area contributed by atoms with Gasteiger partial charge >= 0.3 is 0 Å². The summed E-state index contributed by atoms with van der Waals surface area (Å²) in [6.45, 7) is 2.08. The predicted molar refractivity (Wildman–Crippen MR) is 73.0 cm³/mol. The third-order valence-corrected chi connectivity index (χ3v) is 2.26. The molecule has 0 bridgehead atoms. The molecule has 2 rings (SSSR count). The van der Waals surface area contributed by atoms with Crippen LogP contribution in [0.5, 0.6) is 5.75 Å². The average Bonchev–Trinajstić information content (AvgIpc) is 2.34. The third-order valence-electron chi connectivity index (χ3n) is 2.26. The van der Waals surface area contributed by atoms with Gasteiger partial charge in [0.15, 0.2) is 0 Å². The molecule has 0 saturated heterocycles. The maximum atomic E-state index is 5.54. The van der Waals surface area contributed by atoms with E-state index in [1.165, 1.54) is 5.56 Å². The fraction of sp³-hybridized carbons (Fsp3) is 0.143. The van der Waals surface area contributed by atoms with Crippen LogP contribution in [0.15, 0.2) is 48.5 Å². The summed E-state index contributed by atoms with van der Waals surface area (Å²) < 4.78 is 4.92. The molecule has 0 saturated carbocycles. The van der Waals surface area contributed by atoms with Gasteiger partial charge in [-0.15, -0.1) is 0 Å². The van der Waals surface area contributed by atoms with Crippen LogP contribution in [0.3, 0.4) is 0 Å². The molecule has 2 aromatic rings. The van der Waals surface area contributed by atoms with Gasteiger partial charge in [0.25, 0.3) is 0 Å². The second kappa shape index (κ2) is 6.43. The molecule has 90 valence electrons. The number of nitrogen functional groups attached to an aromatic ring is 2. The fourth-order valence-electron chi connectivity index (χ4n) is 1.27. The molecule has 0 aliphatic rings. The second-order valence-electron chi connectivity index (χ2n) is 3.62. The van der Waals surface area contributed by atoms with E-state index in [2.05, 4.69) is 19.1 Å². The van der Waals surface area contributed by atoms with Crippen molar-refractivity contribution in [3.8, 4) is 5.75 Å². The van der Waals surface area contributed by atoms with Crippen molar-refractivity contribution >= 4 is 11.4 Å². The van der Waals surface area contributed by atoms with Gasteiger partial charge in [-0.05, 0) is 19.1 Å². The molecule has 0 heterocycles. The summed E-state index contributed by atoms with van der Waals surface area (Å²) in [5.41, 5.74) is 13.4. The van der Waals surface area contributed by atoms with Crippen LogP contribution in [-0.2, 0) is 0 Å². The maximum Gasteiger partial charge on any atom is 0.143 e. The number of anilines is 2. The molecule has 0 aromatic heterocycles. The van der Waals surface area contributed by atoms with Crippen LogP contribution in [-0.4, -0.2) is 7.11 Å². The zero-order valence-electron chi connectivity index (χ0n) is 10.2.